The summed E-state index contributed by atoms with van der Waals surface area (Å²) in [7, 11) is -4.05. The molecular formula is C38H48O3Si2. The molecule has 0 spiro atoms. The Hall–Kier alpha value is -2.81. The van der Waals surface area contributed by atoms with Crippen LogP contribution in [0.4, 0.5) is 0 Å². The van der Waals surface area contributed by atoms with E-state index in [-0.39, 0.29) is 34.9 Å². The van der Waals surface area contributed by atoms with Crippen molar-refractivity contribution in [3.05, 3.63) is 121 Å². The van der Waals surface area contributed by atoms with E-state index in [2.05, 4.69) is 163 Å². The van der Waals surface area contributed by atoms with E-state index < -0.39 is 24.2 Å². The first-order valence-corrected chi connectivity index (χ1v) is 19.0. The van der Waals surface area contributed by atoms with Crippen molar-refractivity contribution >= 4 is 38.8 Å². The predicted octanol–water partition coefficient (Wildman–Crippen LogP) is 4.92. The Morgan fingerprint density at radius 3 is 1.12 bits per heavy atom. The van der Waals surface area contributed by atoms with Crippen molar-refractivity contribution in [1.29, 1.82) is 0 Å². The molecule has 4 aromatic carbocycles. The highest BCUT2D eigenvalue weighted by Crippen LogP contribution is 2.50. The zero-order chi connectivity index (χ0) is 30.6. The highest BCUT2D eigenvalue weighted by molar-refractivity contribution is 6.80. The molecule has 4 aromatic rings. The predicted molar refractivity (Wildman–Crippen MR) is 185 cm³/mol. The smallest absolute Gasteiger partial charge is 0.240 e. The Balaban J connectivity index is 1.51. The molecule has 5 heteroatoms. The fourth-order valence-corrected chi connectivity index (χ4v) is 12.2. The van der Waals surface area contributed by atoms with E-state index in [1.807, 2.05) is 0 Å². The quantitative estimate of drug-likeness (QED) is 0.260. The molecular weight excluding hydrogens is 561 g/mol. The van der Waals surface area contributed by atoms with Crippen LogP contribution in [-0.4, -0.2) is 41.5 Å². The number of aliphatic hydroxyl groups is 1. The Kier molecular flexibility index (Phi) is 9.89. The molecule has 226 valence electrons. The minimum atomic E-state index is -2.04. The Bertz CT molecular complexity index is 1320. The van der Waals surface area contributed by atoms with Gasteiger partial charge in [0, 0.05) is 5.92 Å². The molecule has 5 unspecified atom stereocenters. The minimum absolute atomic E-state index is 0.0205. The third-order valence-electron chi connectivity index (χ3n) is 8.87. The molecule has 0 heterocycles. The normalized spacial score (nSPS) is 20.5. The number of benzene rings is 4. The zero-order valence-corrected chi connectivity index (χ0v) is 28.9. The zero-order valence-electron chi connectivity index (χ0n) is 26.6. The Morgan fingerprint density at radius 2 is 0.837 bits per heavy atom. The molecule has 5 rings (SSSR count). The lowest BCUT2D eigenvalue weighted by molar-refractivity contribution is -0.164. The van der Waals surface area contributed by atoms with Crippen LogP contribution in [0.1, 0.15) is 48.0 Å². The monoisotopic (exact) mass is 608 g/mol. The van der Waals surface area contributed by atoms with E-state index in [0.717, 1.165) is 6.42 Å². The average molecular weight is 609 g/mol. The van der Waals surface area contributed by atoms with Crippen LogP contribution in [0.25, 0.3) is 0 Å². The molecule has 0 saturated heterocycles. The van der Waals surface area contributed by atoms with Crippen LogP contribution in [0.3, 0.4) is 0 Å². The molecule has 43 heavy (non-hydrogen) atoms. The second-order valence-corrected chi connectivity index (χ2v) is 19.0. The van der Waals surface area contributed by atoms with Gasteiger partial charge in [-0.15, -0.1) is 0 Å². The third kappa shape index (κ3) is 7.47. The van der Waals surface area contributed by atoms with Gasteiger partial charge in [-0.3, -0.25) is 0 Å². The molecule has 3 nitrogen and oxygen atoms in total. The van der Waals surface area contributed by atoms with Gasteiger partial charge < -0.3 is 14.0 Å². The van der Waals surface area contributed by atoms with Crippen LogP contribution in [0, 0.1) is 22.7 Å². The summed E-state index contributed by atoms with van der Waals surface area (Å²) in [5.74, 6) is 0.163. The van der Waals surface area contributed by atoms with Crippen molar-refractivity contribution in [3.8, 4) is 0 Å². The molecule has 0 radical (unpaired) electrons. The summed E-state index contributed by atoms with van der Waals surface area (Å²) in [4.78, 5) is 0. The van der Waals surface area contributed by atoms with E-state index >= 15 is 0 Å². The molecule has 5 atom stereocenters. The SMILES string of the molecule is CC(C)(C)C(O[SiH](c1ccccc1)c1ccccc1)C1CC(O)C1C(O[SiH](c1ccccc1)c1ccccc1)C(C)(C)C. The summed E-state index contributed by atoms with van der Waals surface area (Å²) >= 11 is 0. The maximum atomic E-state index is 11.5. The van der Waals surface area contributed by atoms with Gasteiger partial charge in [-0.1, -0.05) is 163 Å². The lowest BCUT2D eigenvalue weighted by Gasteiger charge is -2.55. The van der Waals surface area contributed by atoms with Crippen molar-refractivity contribution in [2.45, 2.75) is 66.3 Å². The molecule has 0 aliphatic heterocycles. The maximum Gasteiger partial charge on any atom is 0.240 e. The van der Waals surface area contributed by atoms with Crippen LogP contribution < -0.4 is 20.7 Å². The van der Waals surface area contributed by atoms with Crippen LogP contribution in [-0.2, 0) is 8.85 Å². The second kappa shape index (κ2) is 13.5. The first kappa shape index (κ1) is 31.6. The second-order valence-electron chi connectivity index (χ2n) is 14.3. The number of rotatable bonds is 10. The van der Waals surface area contributed by atoms with E-state index in [1.54, 1.807) is 0 Å². The topological polar surface area (TPSA) is 38.7 Å². The molecule has 0 bridgehead atoms. The molecule has 0 amide bonds. The van der Waals surface area contributed by atoms with Gasteiger partial charge in [0.05, 0.1) is 18.3 Å². The fourth-order valence-electron chi connectivity index (χ4n) is 6.76. The summed E-state index contributed by atoms with van der Waals surface area (Å²) in [6.45, 7) is 13.7. The van der Waals surface area contributed by atoms with Crippen molar-refractivity contribution < 1.29 is 14.0 Å². The summed E-state index contributed by atoms with van der Waals surface area (Å²) in [5.41, 5.74) is -0.284. The van der Waals surface area contributed by atoms with Gasteiger partial charge >= 0.3 is 0 Å². The fraction of sp³-hybridized carbons (Fsp3) is 0.368. The lowest BCUT2D eigenvalue weighted by Crippen LogP contribution is -2.63. The highest BCUT2D eigenvalue weighted by Gasteiger charge is 2.55. The van der Waals surface area contributed by atoms with Crippen LogP contribution in [0.2, 0.25) is 0 Å². The van der Waals surface area contributed by atoms with E-state index in [1.165, 1.54) is 20.7 Å². The van der Waals surface area contributed by atoms with Gasteiger partial charge in [0.2, 0.25) is 18.1 Å². The Labute approximate surface area is 262 Å². The van der Waals surface area contributed by atoms with Gasteiger partial charge in [-0.25, -0.2) is 0 Å². The van der Waals surface area contributed by atoms with Crippen LogP contribution in [0.5, 0.6) is 0 Å². The first-order chi connectivity index (χ1) is 20.5. The number of hydrogen-bond acceptors (Lipinski definition) is 3. The molecule has 1 aliphatic carbocycles. The van der Waals surface area contributed by atoms with Gasteiger partial charge in [0.25, 0.3) is 0 Å². The van der Waals surface area contributed by atoms with Gasteiger partial charge in [0.1, 0.15) is 0 Å². The molecule has 1 saturated carbocycles. The van der Waals surface area contributed by atoms with Gasteiger partial charge in [0.15, 0.2) is 0 Å². The minimum Gasteiger partial charge on any atom is -0.407 e. The highest BCUT2D eigenvalue weighted by atomic mass is 28.3. The van der Waals surface area contributed by atoms with Gasteiger partial charge in [-0.2, -0.15) is 0 Å². The van der Waals surface area contributed by atoms with Crippen molar-refractivity contribution in [2.75, 3.05) is 0 Å². The number of aliphatic hydroxyl groups excluding tert-OH is 1. The summed E-state index contributed by atoms with van der Waals surface area (Å²) in [5, 5.41) is 16.6. The van der Waals surface area contributed by atoms with Crippen LogP contribution >= 0.6 is 0 Å². The van der Waals surface area contributed by atoms with E-state index in [4.69, 9.17) is 8.85 Å². The van der Waals surface area contributed by atoms with Crippen molar-refractivity contribution in [1.82, 2.24) is 0 Å². The van der Waals surface area contributed by atoms with Crippen molar-refractivity contribution in [2.24, 2.45) is 22.7 Å². The van der Waals surface area contributed by atoms with Crippen LogP contribution in [0.15, 0.2) is 121 Å². The maximum absolute atomic E-state index is 11.5. The van der Waals surface area contributed by atoms with Crippen molar-refractivity contribution in [3.63, 3.8) is 0 Å². The molecule has 1 N–H and O–H groups in total. The van der Waals surface area contributed by atoms with E-state index in [0.29, 0.717) is 0 Å². The molecule has 1 aliphatic rings. The number of hydrogen-bond donors (Lipinski definition) is 1. The van der Waals surface area contributed by atoms with Gasteiger partial charge in [-0.05, 0) is 43.9 Å². The summed E-state index contributed by atoms with van der Waals surface area (Å²) in [6.07, 6.45) is 0.161. The largest absolute Gasteiger partial charge is 0.407 e. The molecule has 0 aromatic heterocycles. The third-order valence-corrected chi connectivity index (χ3v) is 14.0. The molecule has 1 fully saturated rings. The Morgan fingerprint density at radius 1 is 0.535 bits per heavy atom. The average Bonchev–Trinajstić information content (AvgIpc) is 2.99. The summed E-state index contributed by atoms with van der Waals surface area (Å²) < 4.78 is 14.8. The lowest BCUT2D eigenvalue weighted by atomic mass is 9.58. The first-order valence-electron chi connectivity index (χ1n) is 15.7. The standard InChI is InChI=1S/C38H48O3Si2/c1-37(2,3)35(40-42(28-19-11-7-12-20-28)29-21-13-8-14-22-29)32-27-33(39)34(32)36(38(4,5)6)41-43(30-23-15-9-16-24-30)31-25-17-10-18-26-31/h7-26,32-36,39,42-43H,27H2,1-6H3. The van der Waals surface area contributed by atoms with E-state index in [9.17, 15) is 5.11 Å². The summed E-state index contributed by atoms with van der Waals surface area (Å²) in [6, 6.07) is 42.9.